The highest BCUT2D eigenvalue weighted by atomic mass is 16.1. The van der Waals surface area contributed by atoms with Crippen molar-refractivity contribution in [3.05, 3.63) is 59.3 Å². The molecule has 0 saturated carbocycles. The number of carbonyl (C=O) groups is 1. The summed E-state index contributed by atoms with van der Waals surface area (Å²) in [6, 6.07) is 11.2. The Morgan fingerprint density at radius 2 is 1.90 bits per heavy atom. The Morgan fingerprint density at radius 1 is 1.15 bits per heavy atom. The van der Waals surface area contributed by atoms with Gasteiger partial charge in [-0.05, 0) is 45.9 Å². The van der Waals surface area contributed by atoms with E-state index in [1.165, 1.54) is 0 Å². The van der Waals surface area contributed by atoms with Crippen LogP contribution in [-0.4, -0.2) is 16.3 Å². The highest BCUT2D eigenvalue weighted by molar-refractivity contribution is 6.11. The van der Waals surface area contributed by atoms with Gasteiger partial charge in [0, 0.05) is 17.3 Å². The maximum absolute atomic E-state index is 12.6. The summed E-state index contributed by atoms with van der Waals surface area (Å²) in [5, 5.41) is 3.28. The highest BCUT2D eigenvalue weighted by Crippen LogP contribution is 2.20. The second kappa shape index (κ2) is 5.45. The lowest BCUT2D eigenvalue weighted by atomic mass is 10.0. The van der Waals surface area contributed by atoms with E-state index in [2.05, 4.69) is 10.3 Å². The monoisotopic (exact) mass is 268 g/mol. The molecule has 104 valence electrons. The Bertz CT molecular complexity index is 627. The molecule has 0 saturated heterocycles. The van der Waals surface area contributed by atoms with Gasteiger partial charge in [0.1, 0.15) is 5.82 Å². The van der Waals surface area contributed by atoms with Crippen molar-refractivity contribution in [2.75, 3.05) is 5.32 Å². The summed E-state index contributed by atoms with van der Waals surface area (Å²) in [4.78, 5) is 16.9. The average Bonchev–Trinajstić information content (AvgIpc) is 2.37. The average molecular weight is 268 g/mol. The maximum atomic E-state index is 12.6. The number of anilines is 1. The van der Waals surface area contributed by atoms with Gasteiger partial charge >= 0.3 is 0 Å². The number of aryl methyl sites for hydroxylation is 1. The van der Waals surface area contributed by atoms with E-state index in [1.807, 2.05) is 58.0 Å². The van der Waals surface area contributed by atoms with Crippen molar-refractivity contribution in [2.45, 2.75) is 33.2 Å². The second-order valence-corrected chi connectivity index (χ2v) is 5.97. The maximum Gasteiger partial charge on any atom is 0.196 e. The third kappa shape index (κ3) is 3.44. The van der Waals surface area contributed by atoms with Gasteiger partial charge in [-0.25, -0.2) is 4.98 Å². The number of pyridine rings is 1. The number of benzene rings is 1. The molecule has 3 nitrogen and oxygen atoms in total. The molecule has 0 spiro atoms. The van der Waals surface area contributed by atoms with Gasteiger partial charge in [-0.3, -0.25) is 4.79 Å². The van der Waals surface area contributed by atoms with E-state index >= 15 is 0 Å². The molecule has 3 heteroatoms. The van der Waals surface area contributed by atoms with Gasteiger partial charge in [-0.2, -0.15) is 0 Å². The lowest BCUT2D eigenvalue weighted by Gasteiger charge is -2.22. The SMILES string of the molecule is Cc1cccc(C(=O)c2cccnc2NC(C)(C)C)c1. The van der Waals surface area contributed by atoms with E-state index in [1.54, 1.807) is 12.3 Å². The summed E-state index contributed by atoms with van der Waals surface area (Å²) < 4.78 is 0. The minimum Gasteiger partial charge on any atom is -0.365 e. The van der Waals surface area contributed by atoms with Crippen molar-refractivity contribution in [2.24, 2.45) is 0 Å². The van der Waals surface area contributed by atoms with Gasteiger partial charge in [-0.1, -0.05) is 23.8 Å². The van der Waals surface area contributed by atoms with E-state index in [9.17, 15) is 4.79 Å². The third-order valence-electron chi connectivity index (χ3n) is 2.83. The van der Waals surface area contributed by atoms with Crippen LogP contribution in [0.3, 0.4) is 0 Å². The van der Waals surface area contributed by atoms with Crippen LogP contribution in [0.1, 0.15) is 42.3 Å². The standard InChI is InChI=1S/C17H20N2O/c1-12-7-5-8-13(11-12)15(20)14-9-6-10-18-16(14)19-17(2,3)4/h5-11H,1-4H3,(H,18,19). The smallest absolute Gasteiger partial charge is 0.196 e. The Hall–Kier alpha value is -2.16. The van der Waals surface area contributed by atoms with E-state index in [0.717, 1.165) is 5.56 Å². The number of nitrogens with one attached hydrogen (secondary N) is 1. The Balaban J connectivity index is 2.40. The normalized spacial score (nSPS) is 11.2. The van der Waals surface area contributed by atoms with Crippen LogP contribution < -0.4 is 5.32 Å². The van der Waals surface area contributed by atoms with Gasteiger partial charge in [0.25, 0.3) is 0 Å². The molecule has 20 heavy (non-hydrogen) atoms. The molecule has 0 fully saturated rings. The minimum absolute atomic E-state index is 0.00597. The first-order valence-corrected chi connectivity index (χ1v) is 6.71. The van der Waals surface area contributed by atoms with E-state index in [4.69, 9.17) is 0 Å². The predicted molar refractivity (Wildman–Crippen MR) is 82.2 cm³/mol. The van der Waals surface area contributed by atoms with E-state index < -0.39 is 0 Å². The minimum atomic E-state index is -0.143. The van der Waals surface area contributed by atoms with Crippen LogP contribution in [-0.2, 0) is 0 Å². The fraction of sp³-hybridized carbons (Fsp3) is 0.294. The first-order valence-electron chi connectivity index (χ1n) is 6.71. The highest BCUT2D eigenvalue weighted by Gasteiger charge is 2.18. The molecule has 2 rings (SSSR count). The molecule has 1 N–H and O–H groups in total. The van der Waals surface area contributed by atoms with Crippen molar-refractivity contribution in [1.29, 1.82) is 0 Å². The van der Waals surface area contributed by atoms with Gasteiger partial charge < -0.3 is 5.32 Å². The Labute approximate surface area is 120 Å². The Kier molecular flexibility index (Phi) is 3.89. The molecular weight excluding hydrogens is 248 g/mol. The van der Waals surface area contributed by atoms with Crippen molar-refractivity contribution >= 4 is 11.6 Å². The number of aromatic nitrogens is 1. The molecule has 0 radical (unpaired) electrons. The van der Waals surface area contributed by atoms with Crippen molar-refractivity contribution in [1.82, 2.24) is 4.98 Å². The molecule has 0 aliphatic heterocycles. The van der Waals surface area contributed by atoms with Crippen LogP contribution in [0.15, 0.2) is 42.6 Å². The molecule has 1 aromatic heterocycles. The summed E-state index contributed by atoms with van der Waals surface area (Å²) in [6.07, 6.45) is 1.70. The Morgan fingerprint density at radius 3 is 2.55 bits per heavy atom. The van der Waals surface area contributed by atoms with E-state index in [0.29, 0.717) is 16.9 Å². The number of nitrogens with zero attached hydrogens (tertiary/aromatic N) is 1. The molecular formula is C17H20N2O. The zero-order valence-corrected chi connectivity index (χ0v) is 12.4. The van der Waals surface area contributed by atoms with Crippen LogP contribution in [0.2, 0.25) is 0 Å². The summed E-state index contributed by atoms with van der Waals surface area (Å²) in [7, 11) is 0. The molecule has 0 bridgehead atoms. The topological polar surface area (TPSA) is 42.0 Å². The fourth-order valence-corrected chi connectivity index (χ4v) is 1.99. The van der Waals surface area contributed by atoms with Crippen molar-refractivity contribution < 1.29 is 4.79 Å². The van der Waals surface area contributed by atoms with Gasteiger partial charge in [-0.15, -0.1) is 0 Å². The predicted octanol–water partition coefficient (Wildman–Crippen LogP) is 3.83. The van der Waals surface area contributed by atoms with Gasteiger partial charge in [0.05, 0.1) is 5.56 Å². The number of carbonyl (C=O) groups excluding carboxylic acids is 1. The molecule has 0 aliphatic rings. The third-order valence-corrected chi connectivity index (χ3v) is 2.83. The fourth-order valence-electron chi connectivity index (χ4n) is 1.99. The molecule has 1 aromatic carbocycles. The number of rotatable bonds is 3. The first kappa shape index (κ1) is 14.3. The molecule has 0 unspecified atom stereocenters. The van der Waals surface area contributed by atoms with Gasteiger partial charge in [0.2, 0.25) is 0 Å². The van der Waals surface area contributed by atoms with Gasteiger partial charge in [0.15, 0.2) is 5.78 Å². The zero-order chi connectivity index (χ0) is 14.8. The lowest BCUT2D eigenvalue weighted by Crippen LogP contribution is -2.28. The molecule has 0 amide bonds. The van der Waals surface area contributed by atoms with Crippen LogP contribution in [0.25, 0.3) is 0 Å². The largest absolute Gasteiger partial charge is 0.365 e. The van der Waals surface area contributed by atoms with Crippen LogP contribution >= 0.6 is 0 Å². The summed E-state index contributed by atoms with van der Waals surface area (Å²) in [6.45, 7) is 8.11. The summed E-state index contributed by atoms with van der Waals surface area (Å²) in [5.74, 6) is 0.625. The quantitative estimate of drug-likeness (QED) is 0.860. The van der Waals surface area contributed by atoms with Crippen LogP contribution in [0.4, 0.5) is 5.82 Å². The molecule has 2 aromatic rings. The number of hydrogen-bond acceptors (Lipinski definition) is 3. The molecule has 1 heterocycles. The summed E-state index contributed by atoms with van der Waals surface area (Å²) >= 11 is 0. The van der Waals surface area contributed by atoms with Crippen LogP contribution in [0, 0.1) is 6.92 Å². The lowest BCUT2D eigenvalue weighted by molar-refractivity contribution is 0.103. The van der Waals surface area contributed by atoms with Crippen LogP contribution in [0.5, 0.6) is 0 Å². The molecule has 0 aliphatic carbocycles. The summed E-state index contributed by atoms with van der Waals surface area (Å²) in [5.41, 5.74) is 2.23. The zero-order valence-electron chi connectivity index (χ0n) is 12.4. The van der Waals surface area contributed by atoms with Crippen molar-refractivity contribution in [3.8, 4) is 0 Å². The molecule has 0 atom stereocenters. The number of ketones is 1. The van der Waals surface area contributed by atoms with Crippen molar-refractivity contribution in [3.63, 3.8) is 0 Å². The number of hydrogen-bond donors (Lipinski definition) is 1. The second-order valence-electron chi connectivity index (χ2n) is 5.97. The van der Waals surface area contributed by atoms with E-state index in [-0.39, 0.29) is 11.3 Å². The first-order chi connectivity index (χ1) is 9.37.